The molecule has 0 amide bonds. The zero-order valence-electron chi connectivity index (χ0n) is 14.2. The summed E-state index contributed by atoms with van der Waals surface area (Å²) in [4.78, 5) is 0. The van der Waals surface area contributed by atoms with Gasteiger partial charge in [0, 0.05) is 12.1 Å². The first kappa shape index (κ1) is 14.2. The molecule has 0 atom stereocenters. The van der Waals surface area contributed by atoms with E-state index in [0.717, 1.165) is 11.1 Å². The quantitative estimate of drug-likeness (QED) is 0.300. The normalized spacial score (nSPS) is 11.6. The Hall–Kier alpha value is -3.19. The molecule has 1 nitrogen and oxygen atoms in total. The van der Waals surface area contributed by atoms with Crippen LogP contribution in [0.2, 0.25) is 0 Å². The van der Waals surface area contributed by atoms with Crippen LogP contribution >= 0.6 is 0 Å². The van der Waals surface area contributed by atoms with Crippen LogP contribution in [0.5, 0.6) is 0 Å². The number of pyridine rings is 1. The van der Waals surface area contributed by atoms with E-state index in [9.17, 15) is 0 Å². The monoisotopic (exact) mass is 320 g/mol. The van der Waals surface area contributed by atoms with Crippen LogP contribution in [0.15, 0.2) is 85.7 Å². The van der Waals surface area contributed by atoms with E-state index in [1.165, 1.54) is 37.9 Å². The molecule has 1 heterocycles. The van der Waals surface area contributed by atoms with Gasteiger partial charge in [-0.15, -0.1) is 0 Å². The summed E-state index contributed by atoms with van der Waals surface area (Å²) >= 11 is 0. The van der Waals surface area contributed by atoms with Crippen molar-refractivity contribution in [2.75, 3.05) is 0 Å². The maximum atomic E-state index is 4.40. The van der Waals surface area contributed by atoms with Gasteiger partial charge in [-0.2, -0.15) is 0 Å². The largest absolute Gasteiger partial charge is 0.208 e. The third-order valence-electron chi connectivity index (χ3n) is 5.18. The average molecular weight is 320 g/mol. The fraction of sp³-hybridized carbons (Fsp3) is 0.0417. The van der Waals surface area contributed by atoms with E-state index in [1.54, 1.807) is 0 Å². The fourth-order valence-electron chi connectivity index (χ4n) is 3.86. The van der Waals surface area contributed by atoms with Crippen LogP contribution in [0.4, 0.5) is 0 Å². The lowest BCUT2D eigenvalue weighted by molar-refractivity contribution is -0.671. The summed E-state index contributed by atoms with van der Waals surface area (Å²) in [6.07, 6.45) is 4.13. The van der Waals surface area contributed by atoms with Gasteiger partial charge < -0.3 is 0 Å². The van der Waals surface area contributed by atoms with E-state index in [-0.39, 0.29) is 0 Å². The molecule has 4 aromatic carbocycles. The van der Waals surface area contributed by atoms with Crippen LogP contribution < -0.4 is 4.57 Å². The summed E-state index contributed by atoms with van der Waals surface area (Å²) < 4.78 is 2.04. The molecule has 0 N–H and O–H groups in total. The molecule has 0 radical (unpaired) electrons. The highest BCUT2D eigenvalue weighted by atomic mass is 14.9. The number of benzene rings is 4. The topological polar surface area (TPSA) is 3.88 Å². The molecule has 0 aliphatic carbocycles. The van der Waals surface area contributed by atoms with E-state index >= 15 is 0 Å². The van der Waals surface area contributed by atoms with Crippen molar-refractivity contribution >= 4 is 37.9 Å². The number of hydrogen-bond donors (Lipinski definition) is 0. The molecular weight excluding hydrogens is 302 g/mol. The van der Waals surface area contributed by atoms with Crippen molar-refractivity contribution in [3.8, 4) is 0 Å². The predicted molar refractivity (Wildman–Crippen MR) is 106 cm³/mol. The highest BCUT2D eigenvalue weighted by molar-refractivity contribution is 6.24. The third kappa shape index (κ3) is 2.06. The van der Waals surface area contributed by atoms with Crippen molar-refractivity contribution in [1.29, 1.82) is 0 Å². The van der Waals surface area contributed by atoms with E-state index in [1.807, 2.05) is 11.6 Å². The molecule has 0 fully saturated rings. The molecule has 1 heteroatoms. The van der Waals surface area contributed by atoms with Gasteiger partial charge in [0.15, 0.2) is 12.4 Å². The smallest absolute Gasteiger partial charge is 0.169 e. The molecule has 25 heavy (non-hydrogen) atoms. The maximum absolute atomic E-state index is 4.40. The second kappa shape index (κ2) is 5.15. The van der Waals surface area contributed by atoms with Gasteiger partial charge in [-0.3, -0.25) is 0 Å². The lowest BCUT2D eigenvalue weighted by atomic mass is 9.88. The summed E-state index contributed by atoms with van der Waals surface area (Å²) in [5.74, 6) is 0. The molecule has 5 aromatic rings. The molecule has 5 rings (SSSR count). The second-order valence-electron chi connectivity index (χ2n) is 6.70. The predicted octanol–water partition coefficient (Wildman–Crippen LogP) is 5.47. The molecule has 0 unspecified atom stereocenters. The highest BCUT2D eigenvalue weighted by Gasteiger charge is 2.13. The minimum atomic E-state index is 1.07. The number of aryl methyl sites for hydroxylation is 1. The average Bonchev–Trinajstić information content (AvgIpc) is 2.66. The molecule has 118 valence electrons. The molecule has 0 saturated carbocycles. The Labute approximate surface area is 146 Å². The number of aromatic nitrogens is 1. The summed E-state index contributed by atoms with van der Waals surface area (Å²) in [6, 6.07) is 24.1. The van der Waals surface area contributed by atoms with Gasteiger partial charge >= 0.3 is 0 Å². The lowest BCUT2D eigenvalue weighted by Crippen LogP contribution is -2.25. The van der Waals surface area contributed by atoms with E-state index < -0.39 is 0 Å². The van der Waals surface area contributed by atoms with E-state index in [0.29, 0.717) is 0 Å². The first-order valence-corrected chi connectivity index (χ1v) is 8.54. The molecule has 0 spiro atoms. The Morgan fingerprint density at radius 2 is 1.32 bits per heavy atom. The van der Waals surface area contributed by atoms with Crippen molar-refractivity contribution in [3.63, 3.8) is 0 Å². The maximum Gasteiger partial charge on any atom is 0.169 e. The molecule has 0 aliphatic rings. The Morgan fingerprint density at radius 1 is 0.720 bits per heavy atom. The Balaban J connectivity index is 1.84. The van der Waals surface area contributed by atoms with Crippen molar-refractivity contribution < 1.29 is 4.57 Å². The van der Waals surface area contributed by atoms with Gasteiger partial charge in [-0.25, -0.2) is 4.57 Å². The first-order chi connectivity index (χ1) is 12.2. The van der Waals surface area contributed by atoms with Gasteiger partial charge in [-0.1, -0.05) is 61.2 Å². The van der Waals surface area contributed by atoms with Crippen LogP contribution in [-0.4, -0.2) is 0 Å². The van der Waals surface area contributed by atoms with Crippen LogP contribution in [-0.2, 0) is 7.05 Å². The van der Waals surface area contributed by atoms with Crippen molar-refractivity contribution in [1.82, 2.24) is 0 Å². The zero-order chi connectivity index (χ0) is 17.0. The Morgan fingerprint density at radius 3 is 2.04 bits per heavy atom. The van der Waals surface area contributed by atoms with Gasteiger partial charge in [0.25, 0.3) is 0 Å². The van der Waals surface area contributed by atoms with Crippen LogP contribution in [0, 0.1) is 0 Å². The van der Waals surface area contributed by atoms with Crippen molar-refractivity contribution in [2.24, 2.45) is 7.05 Å². The van der Waals surface area contributed by atoms with Gasteiger partial charge in [0.1, 0.15) is 7.05 Å². The second-order valence-corrected chi connectivity index (χ2v) is 6.70. The van der Waals surface area contributed by atoms with Crippen LogP contribution in [0.25, 0.3) is 37.9 Å². The Bertz CT molecular complexity index is 1230. The minimum Gasteiger partial charge on any atom is -0.208 e. The van der Waals surface area contributed by atoms with Crippen molar-refractivity contribution in [2.45, 2.75) is 0 Å². The lowest BCUT2D eigenvalue weighted by Gasteiger charge is -2.15. The third-order valence-corrected chi connectivity index (χ3v) is 5.18. The van der Waals surface area contributed by atoms with Crippen LogP contribution in [0.1, 0.15) is 11.1 Å². The summed E-state index contributed by atoms with van der Waals surface area (Å²) in [5, 5.41) is 7.85. The SMILES string of the molecule is C=C(c1cc[n+](C)cc1)c1ccc2ccc3cccc4ccc1c2c34. The standard InChI is InChI=1S/C24H18N/c1-16(17-12-14-25(2)15-13-17)21-10-8-20-7-6-18-4-3-5-19-9-11-22(21)24(20)23(18)19/h3-15H,1H2,2H3/q+1. The zero-order valence-corrected chi connectivity index (χ0v) is 14.2. The van der Waals surface area contributed by atoms with Gasteiger partial charge in [0.2, 0.25) is 0 Å². The number of nitrogens with zero attached hydrogens (tertiary/aromatic N) is 1. The van der Waals surface area contributed by atoms with Crippen LogP contribution in [0.3, 0.4) is 0 Å². The molecule has 0 aliphatic heterocycles. The van der Waals surface area contributed by atoms with Crippen molar-refractivity contribution in [3.05, 3.63) is 96.8 Å². The van der Waals surface area contributed by atoms with Gasteiger partial charge in [0.05, 0.1) is 0 Å². The minimum absolute atomic E-state index is 1.07. The molecule has 0 saturated heterocycles. The Kier molecular flexibility index (Phi) is 2.92. The van der Waals surface area contributed by atoms with E-state index in [2.05, 4.69) is 85.7 Å². The first-order valence-electron chi connectivity index (χ1n) is 8.54. The highest BCUT2D eigenvalue weighted by Crippen LogP contribution is 2.38. The summed E-state index contributed by atoms with van der Waals surface area (Å²) in [7, 11) is 2.03. The molecule has 0 bridgehead atoms. The summed E-state index contributed by atoms with van der Waals surface area (Å²) in [5.41, 5.74) is 3.44. The van der Waals surface area contributed by atoms with E-state index in [4.69, 9.17) is 0 Å². The molecular formula is C24H18N+. The van der Waals surface area contributed by atoms with Gasteiger partial charge in [-0.05, 0) is 49.0 Å². The number of hydrogen-bond acceptors (Lipinski definition) is 0. The fourth-order valence-corrected chi connectivity index (χ4v) is 3.86. The summed E-state index contributed by atoms with van der Waals surface area (Å²) in [6.45, 7) is 4.40. The molecule has 1 aromatic heterocycles. The number of rotatable bonds is 2.